The number of carbonyl (C=O) groups is 1. The van der Waals surface area contributed by atoms with Crippen molar-refractivity contribution >= 4 is 17.2 Å². The van der Waals surface area contributed by atoms with Crippen molar-refractivity contribution in [1.82, 2.24) is 10.2 Å². The van der Waals surface area contributed by atoms with Crippen LogP contribution in [0.25, 0.3) is 0 Å². The quantitative estimate of drug-likeness (QED) is 0.905. The van der Waals surface area contributed by atoms with Gasteiger partial charge in [0, 0.05) is 35.4 Å². The Morgan fingerprint density at radius 3 is 2.65 bits per heavy atom. The number of likely N-dealkylation sites (tertiary alicyclic amines) is 1. The second-order valence-electron chi connectivity index (χ2n) is 6.23. The normalized spacial score (nSPS) is 17.6. The predicted molar refractivity (Wildman–Crippen MR) is 85.2 cm³/mol. The average molecular weight is 294 g/mol. The first-order valence-electron chi connectivity index (χ1n) is 7.60. The summed E-state index contributed by atoms with van der Waals surface area (Å²) in [6, 6.07) is 4.51. The van der Waals surface area contributed by atoms with Crippen LogP contribution in [0.3, 0.4) is 0 Å². The SMILES string of the molecule is Cc1ccc(CC(=O)NC2CCN(CC(C)C)CC2)s1. The molecule has 0 unspecified atom stereocenters. The van der Waals surface area contributed by atoms with Gasteiger partial charge in [0.15, 0.2) is 0 Å². The van der Waals surface area contributed by atoms with Crippen molar-refractivity contribution in [2.45, 2.75) is 46.1 Å². The lowest BCUT2D eigenvalue weighted by Crippen LogP contribution is -2.45. The third-order valence-electron chi connectivity index (χ3n) is 3.71. The van der Waals surface area contributed by atoms with E-state index >= 15 is 0 Å². The maximum absolute atomic E-state index is 12.0. The topological polar surface area (TPSA) is 32.3 Å². The number of thiophene rings is 1. The number of nitrogens with one attached hydrogen (secondary N) is 1. The molecule has 0 atom stereocenters. The maximum Gasteiger partial charge on any atom is 0.225 e. The number of amides is 1. The number of rotatable bonds is 5. The van der Waals surface area contributed by atoms with Crippen LogP contribution in [-0.2, 0) is 11.2 Å². The van der Waals surface area contributed by atoms with Gasteiger partial charge in [-0.2, -0.15) is 0 Å². The number of aryl methyl sites for hydroxylation is 1. The van der Waals surface area contributed by atoms with Crippen molar-refractivity contribution in [1.29, 1.82) is 0 Å². The van der Waals surface area contributed by atoms with E-state index in [0.717, 1.165) is 36.7 Å². The van der Waals surface area contributed by atoms with E-state index in [2.05, 4.69) is 43.1 Å². The molecule has 0 bridgehead atoms. The summed E-state index contributed by atoms with van der Waals surface area (Å²) < 4.78 is 0. The molecule has 112 valence electrons. The van der Waals surface area contributed by atoms with Gasteiger partial charge in [-0.05, 0) is 37.8 Å². The predicted octanol–water partition coefficient (Wildman–Crippen LogP) is 2.84. The van der Waals surface area contributed by atoms with Crippen LogP contribution in [0.15, 0.2) is 12.1 Å². The Kier molecular flexibility index (Phi) is 5.61. The highest BCUT2D eigenvalue weighted by Gasteiger charge is 2.21. The zero-order valence-corrected chi connectivity index (χ0v) is 13.6. The summed E-state index contributed by atoms with van der Waals surface area (Å²) in [5.41, 5.74) is 0. The van der Waals surface area contributed by atoms with E-state index < -0.39 is 0 Å². The van der Waals surface area contributed by atoms with E-state index in [1.165, 1.54) is 11.4 Å². The van der Waals surface area contributed by atoms with E-state index in [1.807, 2.05) is 0 Å². The third-order valence-corrected chi connectivity index (χ3v) is 4.71. The summed E-state index contributed by atoms with van der Waals surface area (Å²) in [5, 5.41) is 3.19. The van der Waals surface area contributed by atoms with E-state index in [0.29, 0.717) is 12.5 Å². The standard InChI is InChI=1S/C16H26N2OS/c1-12(2)11-18-8-6-14(7-9-18)17-16(19)10-15-5-4-13(3)20-15/h4-5,12,14H,6-11H2,1-3H3,(H,17,19). The van der Waals surface area contributed by atoms with Crippen molar-refractivity contribution in [2.75, 3.05) is 19.6 Å². The van der Waals surface area contributed by atoms with Gasteiger partial charge in [-0.1, -0.05) is 13.8 Å². The molecule has 20 heavy (non-hydrogen) atoms. The van der Waals surface area contributed by atoms with E-state index in [1.54, 1.807) is 11.3 Å². The van der Waals surface area contributed by atoms with Crippen LogP contribution < -0.4 is 5.32 Å². The number of hydrogen-bond acceptors (Lipinski definition) is 3. The zero-order chi connectivity index (χ0) is 14.5. The third kappa shape index (κ3) is 4.91. The monoisotopic (exact) mass is 294 g/mol. The molecule has 1 aromatic heterocycles. The Bertz CT molecular complexity index is 433. The number of hydrogen-bond donors (Lipinski definition) is 1. The lowest BCUT2D eigenvalue weighted by atomic mass is 10.0. The molecule has 1 fully saturated rings. The van der Waals surface area contributed by atoms with Crippen LogP contribution in [-0.4, -0.2) is 36.5 Å². The van der Waals surface area contributed by atoms with Crippen LogP contribution >= 0.6 is 11.3 Å². The molecular formula is C16H26N2OS. The van der Waals surface area contributed by atoms with Crippen molar-refractivity contribution < 1.29 is 4.79 Å². The van der Waals surface area contributed by atoms with Gasteiger partial charge in [0.1, 0.15) is 0 Å². The summed E-state index contributed by atoms with van der Waals surface area (Å²) in [6.45, 7) is 10.0. The molecule has 1 saturated heterocycles. The summed E-state index contributed by atoms with van der Waals surface area (Å²) in [6.07, 6.45) is 2.70. The smallest absolute Gasteiger partial charge is 0.225 e. The molecular weight excluding hydrogens is 268 g/mol. The second-order valence-corrected chi connectivity index (χ2v) is 7.60. The molecule has 0 aliphatic carbocycles. The van der Waals surface area contributed by atoms with Gasteiger partial charge < -0.3 is 10.2 Å². The van der Waals surface area contributed by atoms with Crippen LogP contribution in [0.4, 0.5) is 0 Å². The van der Waals surface area contributed by atoms with E-state index in [9.17, 15) is 4.79 Å². The summed E-state index contributed by atoms with van der Waals surface area (Å²) >= 11 is 1.72. The van der Waals surface area contributed by atoms with Crippen molar-refractivity contribution in [2.24, 2.45) is 5.92 Å². The second kappa shape index (κ2) is 7.23. The molecule has 2 rings (SSSR count). The fourth-order valence-electron chi connectivity index (χ4n) is 2.79. The van der Waals surface area contributed by atoms with Crippen molar-refractivity contribution in [3.63, 3.8) is 0 Å². The summed E-state index contributed by atoms with van der Waals surface area (Å²) in [5.74, 6) is 0.900. The molecule has 0 aromatic carbocycles. The molecule has 4 heteroatoms. The fraction of sp³-hybridized carbons (Fsp3) is 0.688. The van der Waals surface area contributed by atoms with Gasteiger partial charge >= 0.3 is 0 Å². The Balaban J connectivity index is 1.71. The number of nitrogens with zero attached hydrogens (tertiary/aromatic N) is 1. The summed E-state index contributed by atoms with van der Waals surface area (Å²) in [7, 11) is 0. The van der Waals surface area contributed by atoms with Gasteiger partial charge in [0.2, 0.25) is 5.91 Å². The minimum Gasteiger partial charge on any atom is -0.353 e. The van der Waals surface area contributed by atoms with Gasteiger partial charge in [0.05, 0.1) is 6.42 Å². The summed E-state index contributed by atoms with van der Waals surface area (Å²) in [4.78, 5) is 17.0. The van der Waals surface area contributed by atoms with Crippen molar-refractivity contribution in [3.8, 4) is 0 Å². The minimum atomic E-state index is 0.175. The van der Waals surface area contributed by atoms with E-state index in [4.69, 9.17) is 0 Å². The Morgan fingerprint density at radius 2 is 2.10 bits per heavy atom. The molecule has 1 amide bonds. The average Bonchev–Trinajstić information content (AvgIpc) is 2.76. The number of carbonyl (C=O) groups excluding carboxylic acids is 1. The van der Waals surface area contributed by atoms with Gasteiger partial charge in [0.25, 0.3) is 0 Å². The number of piperidine rings is 1. The molecule has 0 spiro atoms. The molecule has 3 nitrogen and oxygen atoms in total. The largest absolute Gasteiger partial charge is 0.353 e. The van der Waals surface area contributed by atoms with Gasteiger partial charge in [-0.15, -0.1) is 11.3 Å². The first-order valence-corrected chi connectivity index (χ1v) is 8.41. The van der Waals surface area contributed by atoms with Crippen LogP contribution in [0.1, 0.15) is 36.4 Å². The Hall–Kier alpha value is -0.870. The first kappa shape index (κ1) is 15.5. The van der Waals surface area contributed by atoms with Crippen LogP contribution in [0.5, 0.6) is 0 Å². The van der Waals surface area contributed by atoms with Gasteiger partial charge in [-0.25, -0.2) is 0 Å². The molecule has 0 radical (unpaired) electrons. The first-order chi connectivity index (χ1) is 9.52. The Labute approximate surface area is 126 Å². The molecule has 1 aliphatic rings. The zero-order valence-electron chi connectivity index (χ0n) is 12.8. The molecule has 1 aromatic rings. The van der Waals surface area contributed by atoms with Crippen molar-refractivity contribution in [3.05, 3.63) is 21.9 Å². The van der Waals surface area contributed by atoms with Crippen LogP contribution in [0, 0.1) is 12.8 Å². The molecule has 2 heterocycles. The maximum atomic E-state index is 12.0. The fourth-order valence-corrected chi connectivity index (χ4v) is 3.68. The minimum absolute atomic E-state index is 0.175. The highest BCUT2D eigenvalue weighted by Crippen LogP contribution is 2.16. The molecule has 0 saturated carbocycles. The highest BCUT2D eigenvalue weighted by molar-refractivity contribution is 7.12. The van der Waals surface area contributed by atoms with E-state index in [-0.39, 0.29) is 5.91 Å². The lowest BCUT2D eigenvalue weighted by molar-refractivity contribution is -0.121. The molecule has 1 N–H and O–H groups in total. The van der Waals surface area contributed by atoms with Gasteiger partial charge in [-0.3, -0.25) is 4.79 Å². The Morgan fingerprint density at radius 1 is 1.40 bits per heavy atom. The molecule has 1 aliphatic heterocycles. The van der Waals surface area contributed by atoms with Crippen LogP contribution in [0.2, 0.25) is 0 Å². The highest BCUT2D eigenvalue weighted by atomic mass is 32.1. The lowest BCUT2D eigenvalue weighted by Gasteiger charge is -2.33.